The maximum atomic E-state index is 12.3. The van der Waals surface area contributed by atoms with Crippen molar-refractivity contribution < 1.29 is 36.2 Å². The van der Waals surface area contributed by atoms with Crippen molar-refractivity contribution in [2.75, 3.05) is 11.1 Å². The number of hydrogen-bond donors (Lipinski definition) is 2. The zero-order valence-corrected chi connectivity index (χ0v) is 13.3. The van der Waals surface area contributed by atoms with E-state index in [2.05, 4.69) is 5.32 Å². The fraction of sp³-hybridized carbons (Fsp3) is 0.357. The molecule has 0 spiro atoms. The third-order valence-corrected chi connectivity index (χ3v) is 3.95. The molecule has 1 aromatic rings. The Morgan fingerprint density at radius 1 is 1.17 bits per heavy atom. The van der Waals surface area contributed by atoms with Gasteiger partial charge in [0.25, 0.3) is 5.91 Å². The van der Waals surface area contributed by atoms with E-state index in [1.54, 1.807) is 6.92 Å². The molecule has 0 aromatic heterocycles. The number of thioether (sulfide) groups is 1. The molecule has 0 saturated carbocycles. The summed E-state index contributed by atoms with van der Waals surface area (Å²) in [5, 5.41) is 10.8. The number of rotatable bonds is 4. The summed E-state index contributed by atoms with van der Waals surface area (Å²) in [4.78, 5) is 11.7. The maximum absolute atomic E-state index is 12.3. The van der Waals surface area contributed by atoms with Crippen molar-refractivity contribution in [1.82, 2.24) is 0 Å². The smallest absolute Gasteiger partial charge is 0.448 e. The molecule has 0 unspecified atom stereocenters. The second-order valence-electron chi connectivity index (χ2n) is 4.85. The Morgan fingerprint density at radius 2 is 1.75 bits per heavy atom. The molecular formula is C14H13F6NO2S. The lowest BCUT2D eigenvalue weighted by molar-refractivity contribution is -0.124. The van der Waals surface area contributed by atoms with Gasteiger partial charge < -0.3 is 10.4 Å². The Morgan fingerprint density at radius 3 is 2.25 bits per heavy atom. The maximum Gasteiger partial charge on any atom is 0.448 e. The summed E-state index contributed by atoms with van der Waals surface area (Å²) in [5.41, 5.74) is 1.05. The Bertz CT molecular complexity index is 652. The van der Waals surface area contributed by atoms with E-state index in [0.717, 1.165) is 0 Å². The monoisotopic (exact) mass is 373 g/mol. The fourth-order valence-corrected chi connectivity index (χ4v) is 2.46. The van der Waals surface area contributed by atoms with Gasteiger partial charge in [0.1, 0.15) is 0 Å². The van der Waals surface area contributed by atoms with E-state index in [0.29, 0.717) is 22.9 Å². The molecule has 10 heteroatoms. The minimum Gasteiger partial charge on any atom is -0.504 e. The van der Waals surface area contributed by atoms with Crippen LogP contribution >= 0.6 is 11.8 Å². The zero-order chi connectivity index (χ0) is 18.7. The molecule has 0 saturated heterocycles. The highest BCUT2D eigenvalue weighted by Gasteiger charge is 2.34. The van der Waals surface area contributed by atoms with E-state index in [1.165, 1.54) is 19.1 Å². The Balaban J connectivity index is 2.98. The van der Waals surface area contributed by atoms with Crippen molar-refractivity contribution in [3.05, 3.63) is 35.1 Å². The van der Waals surface area contributed by atoms with Crippen LogP contribution in [-0.4, -0.2) is 29.1 Å². The van der Waals surface area contributed by atoms with E-state index < -0.39 is 29.8 Å². The molecule has 3 nitrogen and oxygen atoms in total. The van der Waals surface area contributed by atoms with Crippen LogP contribution in [0.25, 0.3) is 0 Å². The van der Waals surface area contributed by atoms with Crippen molar-refractivity contribution in [2.24, 2.45) is 0 Å². The van der Waals surface area contributed by atoms with E-state index in [1.807, 2.05) is 0 Å². The summed E-state index contributed by atoms with van der Waals surface area (Å²) in [5.74, 6) is -4.46. The average Bonchev–Trinajstić information content (AvgIpc) is 2.38. The highest BCUT2D eigenvalue weighted by atomic mass is 32.2. The Kier molecular flexibility index (Phi) is 6.20. The first-order chi connectivity index (χ1) is 10.8. The molecule has 0 atom stereocenters. The molecule has 1 amide bonds. The lowest BCUT2D eigenvalue weighted by Crippen LogP contribution is -2.17. The number of benzene rings is 1. The molecule has 0 bridgehead atoms. The van der Waals surface area contributed by atoms with Gasteiger partial charge in [-0.2, -0.15) is 26.3 Å². The standard InChI is InChI=1S/C14H13F6NO2S/c1-7-3-8(2)10(24-6-13(15,16)17)4-9(7)21-12(23)5-11(22)14(18,19)20/h3-5,22H,6H2,1-2H3,(H,21,23). The van der Waals surface area contributed by atoms with E-state index in [4.69, 9.17) is 5.11 Å². The average molecular weight is 373 g/mol. The predicted molar refractivity (Wildman–Crippen MR) is 78.1 cm³/mol. The third kappa shape index (κ3) is 6.34. The van der Waals surface area contributed by atoms with Crippen LogP contribution in [0.2, 0.25) is 0 Å². The van der Waals surface area contributed by atoms with Crippen LogP contribution < -0.4 is 5.32 Å². The van der Waals surface area contributed by atoms with Gasteiger partial charge in [0.05, 0.1) is 11.8 Å². The molecule has 1 rings (SSSR count). The summed E-state index contributed by atoms with van der Waals surface area (Å²) >= 11 is 0.501. The van der Waals surface area contributed by atoms with Crippen LogP contribution in [0.3, 0.4) is 0 Å². The molecular weight excluding hydrogens is 360 g/mol. The molecule has 134 valence electrons. The fourth-order valence-electron chi connectivity index (χ4n) is 1.66. The lowest BCUT2D eigenvalue weighted by atomic mass is 10.1. The van der Waals surface area contributed by atoms with Crippen molar-refractivity contribution in [2.45, 2.75) is 31.1 Å². The first-order valence-electron chi connectivity index (χ1n) is 6.39. The first-order valence-corrected chi connectivity index (χ1v) is 7.38. The SMILES string of the molecule is Cc1cc(C)c(SCC(F)(F)F)cc1NC(=O)C=C(O)C(F)(F)F. The van der Waals surface area contributed by atoms with Crippen molar-refractivity contribution in [1.29, 1.82) is 0 Å². The number of amides is 1. The van der Waals surface area contributed by atoms with Gasteiger partial charge in [0.15, 0.2) is 0 Å². The highest BCUT2D eigenvalue weighted by molar-refractivity contribution is 7.99. The largest absolute Gasteiger partial charge is 0.504 e. The minimum absolute atomic E-state index is 0.0399. The minimum atomic E-state index is -5.06. The van der Waals surface area contributed by atoms with Gasteiger partial charge in [-0.25, -0.2) is 0 Å². The van der Waals surface area contributed by atoms with Gasteiger partial charge in [0.2, 0.25) is 5.76 Å². The number of carbonyl (C=O) groups is 1. The summed E-state index contributed by atoms with van der Waals surface area (Å²) in [7, 11) is 0. The van der Waals surface area contributed by atoms with Gasteiger partial charge in [0, 0.05) is 10.6 Å². The van der Waals surface area contributed by atoms with Crippen LogP contribution in [0, 0.1) is 13.8 Å². The Hall–Kier alpha value is -1.84. The summed E-state index contributed by atoms with van der Waals surface area (Å²) in [6.45, 7) is 3.11. The molecule has 0 fully saturated rings. The van der Waals surface area contributed by atoms with E-state index >= 15 is 0 Å². The van der Waals surface area contributed by atoms with Crippen LogP contribution in [0.15, 0.2) is 28.9 Å². The summed E-state index contributed by atoms with van der Waals surface area (Å²) in [6.07, 6.45) is -9.48. The highest BCUT2D eigenvalue weighted by Crippen LogP contribution is 2.33. The second kappa shape index (κ2) is 7.37. The van der Waals surface area contributed by atoms with Gasteiger partial charge in [-0.05, 0) is 31.0 Å². The van der Waals surface area contributed by atoms with Gasteiger partial charge in [-0.1, -0.05) is 6.07 Å². The predicted octanol–water partition coefficient (Wildman–Crippen LogP) is 4.90. The number of aliphatic hydroxyl groups excluding tert-OH is 1. The first kappa shape index (κ1) is 20.2. The normalized spacial score (nSPS) is 13.1. The number of aliphatic hydroxyl groups is 1. The summed E-state index contributed by atoms with van der Waals surface area (Å²) in [6, 6.07) is 2.75. The quantitative estimate of drug-likeness (QED) is 0.342. The lowest BCUT2D eigenvalue weighted by Gasteiger charge is -2.13. The summed E-state index contributed by atoms with van der Waals surface area (Å²) < 4.78 is 73.3. The number of hydrogen-bond acceptors (Lipinski definition) is 3. The number of nitrogens with one attached hydrogen (secondary N) is 1. The number of aryl methyl sites for hydroxylation is 2. The number of allylic oxidation sites excluding steroid dienone is 1. The van der Waals surface area contributed by atoms with Gasteiger partial charge in [-0.3, -0.25) is 4.79 Å². The molecule has 0 aliphatic carbocycles. The molecule has 24 heavy (non-hydrogen) atoms. The van der Waals surface area contributed by atoms with Crippen LogP contribution in [0.5, 0.6) is 0 Å². The topological polar surface area (TPSA) is 49.3 Å². The third-order valence-electron chi connectivity index (χ3n) is 2.73. The van der Waals surface area contributed by atoms with Gasteiger partial charge >= 0.3 is 12.4 Å². The van der Waals surface area contributed by atoms with Crippen molar-refractivity contribution in [3.8, 4) is 0 Å². The molecule has 2 N–H and O–H groups in total. The van der Waals surface area contributed by atoms with E-state index in [9.17, 15) is 31.1 Å². The molecule has 1 aromatic carbocycles. The molecule has 0 radical (unpaired) electrons. The van der Waals surface area contributed by atoms with Crippen molar-refractivity contribution >= 4 is 23.4 Å². The number of halogens is 6. The second-order valence-corrected chi connectivity index (χ2v) is 5.87. The van der Waals surface area contributed by atoms with Crippen LogP contribution in [-0.2, 0) is 4.79 Å². The van der Waals surface area contributed by atoms with Crippen LogP contribution in [0.4, 0.5) is 32.0 Å². The van der Waals surface area contributed by atoms with E-state index in [-0.39, 0.29) is 16.7 Å². The molecule has 0 heterocycles. The zero-order valence-electron chi connectivity index (χ0n) is 12.5. The number of anilines is 1. The molecule has 0 aliphatic rings. The van der Waals surface area contributed by atoms with Gasteiger partial charge in [-0.15, -0.1) is 11.8 Å². The van der Waals surface area contributed by atoms with Crippen molar-refractivity contribution in [3.63, 3.8) is 0 Å². The van der Waals surface area contributed by atoms with Crippen LogP contribution in [0.1, 0.15) is 11.1 Å². The number of carbonyl (C=O) groups excluding carboxylic acids is 1. The Labute approximate surface area is 137 Å². The number of alkyl halides is 6. The molecule has 0 aliphatic heterocycles.